The van der Waals surface area contributed by atoms with E-state index in [4.69, 9.17) is 5.11 Å². The van der Waals surface area contributed by atoms with E-state index < -0.39 is 22.4 Å². The number of benzene rings is 1. The highest BCUT2D eigenvalue weighted by Gasteiger charge is 2.17. The zero-order chi connectivity index (χ0) is 15.5. The van der Waals surface area contributed by atoms with Gasteiger partial charge in [-0.1, -0.05) is 0 Å². The number of nitrogens with zero attached hydrogens (tertiary/aromatic N) is 1. The van der Waals surface area contributed by atoms with Gasteiger partial charge in [0.05, 0.1) is 16.5 Å². The normalized spacial score (nSPS) is 11.8. The number of sulfonamides is 1. The van der Waals surface area contributed by atoms with Crippen molar-refractivity contribution in [3.05, 3.63) is 45.7 Å². The molecule has 1 heterocycles. The van der Waals surface area contributed by atoms with Crippen LogP contribution in [0.2, 0.25) is 0 Å². The van der Waals surface area contributed by atoms with Crippen LogP contribution in [0.1, 0.15) is 16.1 Å². The van der Waals surface area contributed by atoms with Gasteiger partial charge in [0.25, 0.3) is 0 Å². The van der Waals surface area contributed by atoms with Crippen LogP contribution >= 0.6 is 11.3 Å². The molecule has 0 aliphatic carbocycles. The predicted octanol–water partition coefficient (Wildman–Crippen LogP) is 1.60. The summed E-state index contributed by atoms with van der Waals surface area (Å²) in [5, 5.41) is 11.7. The fraction of sp³-hybridized carbons (Fsp3) is 0.308. The Morgan fingerprint density at radius 2 is 2.19 bits per heavy atom. The molecule has 2 rings (SSSR count). The number of aryl methyl sites for hydroxylation is 1. The molecule has 0 bridgehead atoms. The number of rotatable bonds is 6. The van der Waals surface area contributed by atoms with E-state index in [-0.39, 0.29) is 22.6 Å². The van der Waals surface area contributed by atoms with Crippen molar-refractivity contribution >= 4 is 21.4 Å². The van der Waals surface area contributed by atoms with Gasteiger partial charge in [0.1, 0.15) is 5.82 Å². The van der Waals surface area contributed by atoms with Crippen LogP contribution in [0.15, 0.2) is 28.6 Å². The van der Waals surface area contributed by atoms with Gasteiger partial charge in [-0.15, -0.1) is 11.3 Å². The number of hydrogen-bond donors (Lipinski definition) is 2. The molecule has 0 aliphatic heterocycles. The van der Waals surface area contributed by atoms with Crippen LogP contribution in [0, 0.1) is 12.7 Å². The van der Waals surface area contributed by atoms with E-state index in [0.29, 0.717) is 6.42 Å². The highest BCUT2D eigenvalue weighted by Crippen LogP contribution is 2.19. The lowest BCUT2D eigenvalue weighted by Gasteiger charge is -2.10. The average molecular weight is 330 g/mol. The summed E-state index contributed by atoms with van der Waals surface area (Å²) in [6.07, 6.45) is 2.15. The van der Waals surface area contributed by atoms with Crippen molar-refractivity contribution in [2.24, 2.45) is 0 Å². The zero-order valence-electron chi connectivity index (χ0n) is 11.3. The van der Waals surface area contributed by atoms with Crippen molar-refractivity contribution in [3.63, 3.8) is 0 Å². The lowest BCUT2D eigenvalue weighted by atomic mass is 10.1. The number of aliphatic hydroxyl groups excluding tert-OH is 1. The third-order valence-corrected chi connectivity index (χ3v) is 5.18. The lowest BCUT2D eigenvalue weighted by Crippen LogP contribution is -2.26. The number of thiazole rings is 1. The van der Waals surface area contributed by atoms with E-state index >= 15 is 0 Å². The minimum Gasteiger partial charge on any atom is -0.392 e. The van der Waals surface area contributed by atoms with Crippen molar-refractivity contribution < 1.29 is 17.9 Å². The van der Waals surface area contributed by atoms with Crippen LogP contribution in [0.4, 0.5) is 4.39 Å². The summed E-state index contributed by atoms with van der Waals surface area (Å²) in [6.45, 7) is 1.12. The van der Waals surface area contributed by atoms with Gasteiger partial charge in [0.2, 0.25) is 10.0 Å². The summed E-state index contributed by atoms with van der Waals surface area (Å²) < 4.78 is 40.4. The van der Waals surface area contributed by atoms with Crippen LogP contribution < -0.4 is 4.72 Å². The van der Waals surface area contributed by atoms with Gasteiger partial charge in [0, 0.05) is 30.1 Å². The maximum Gasteiger partial charge on any atom is 0.240 e. The van der Waals surface area contributed by atoms with Crippen LogP contribution in [0.25, 0.3) is 0 Å². The number of nitrogens with one attached hydrogen (secondary N) is 1. The maximum absolute atomic E-state index is 13.6. The van der Waals surface area contributed by atoms with Gasteiger partial charge in [0.15, 0.2) is 0 Å². The number of aromatic nitrogens is 1. The van der Waals surface area contributed by atoms with Crippen molar-refractivity contribution in [1.29, 1.82) is 0 Å². The van der Waals surface area contributed by atoms with E-state index in [1.54, 1.807) is 6.20 Å². The fourth-order valence-electron chi connectivity index (χ4n) is 1.83. The summed E-state index contributed by atoms with van der Waals surface area (Å²) in [5.74, 6) is -0.584. The molecule has 1 aromatic carbocycles. The Morgan fingerprint density at radius 3 is 2.81 bits per heavy atom. The Morgan fingerprint density at radius 1 is 1.43 bits per heavy atom. The highest BCUT2D eigenvalue weighted by atomic mass is 32.2. The van der Waals surface area contributed by atoms with Gasteiger partial charge < -0.3 is 5.11 Å². The summed E-state index contributed by atoms with van der Waals surface area (Å²) >= 11 is 1.45. The molecule has 8 heteroatoms. The molecule has 0 saturated carbocycles. The van der Waals surface area contributed by atoms with Gasteiger partial charge in [-0.3, -0.25) is 0 Å². The Balaban J connectivity index is 2.13. The second-order valence-corrected chi connectivity index (χ2v) is 7.19. The molecule has 0 fully saturated rings. The first-order valence-corrected chi connectivity index (χ1v) is 8.58. The van der Waals surface area contributed by atoms with E-state index in [0.717, 1.165) is 11.1 Å². The van der Waals surface area contributed by atoms with E-state index in [2.05, 4.69) is 9.71 Å². The Bertz CT molecular complexity index is 715. The molecule has 0 saturated heterocycles. The minimum atomic E-state index is -3.74. The SMILES string of the molecule is Cc1cc(S(=O)(=O)NCCc2nccs2)cc(CO)c1F. The third kappa shape index (κ3) is 3.85. The Kier molecular flexibility index (Phi) is 5.04. The molecule has 2 N–H and O–H groups in total. The van der Waals surface area contributed by atoms with Crippen LogP contribution in [-0.4, -0.2) is 25.1 Å². The van der Waals surface area contributed by atoms with Crippen LogP contribution in [0.3, 0.4) is 0 Å². The van der Waals surface area contributed by atoms with Gasteiger partial charge in [-0.2, -0.15) is 0 Å². The minimum absolute atomic E-state index is 0.0321. The molecule has 2 aromatic rings. The first-order valence-electron chi connectivity index (χ1n) is 6.22. The first-order chi connectivity index (χ1) is 9.94. The van der Waals surface area contributed by atoms with Crippen LogP contribution in [0.5, 0.6) is 0 Å². The molecular weight excluding hydrogens is 315 g/mol. The van der Waals surface area contributed by atoms with E-state index in [9.17, 15) is 12.8 Å². The van der Waals surface area contributed by atoms with Gasteiger partial charge >= 0.3 is 0 Å². The first kappa shape index (κ1) is 16.0. The molecular formula is C13H15FN2O3S2. The second-order valence-electron chi connectivity index (χ2n) is 4.45. The maximum atomic E-state index is 13.6. The summed E-state index contributed by atoms with van der Waals surface area (Å²) in [5.41, 5.74) is 0.150. The quantitative estimate of drug-likeness (QED) is 0.843. The van der Waals surface area contributed by atoms with Crippen molar-refractivity contribution in [2.45, 2.75) is 24.8 Å². The molecule has 1 aromatic heterocycles. The van der Waals surface area contributed by atoms with Crippen molar-refractivity contribution in [2.75, 3.05) is 6.54 Å². The predicted molar refractivity (Wildman–Crippen MR) is 78.1 cm³/mol. The molecule has 0 atom stereocenters. The summed E-state index contributed by atoms with van der Waals surface area (Å²) in [7, 11) is -3.74. The largest absolute Gasteiger partial charge is 0.392 e. The van der Waals surface area contributed by atoms with Crippen molar-refractivity contribution in [3.8, 4) is 0 Å². The monoisotopic (exact) mass is 330 g/mol. The highest BCUT2D eigenvalue weighted by molar-refractivity contribution is 7.89. The smallest absolute Gasteiger partial charge is 0.240 e. The number of aliphatic hydroxyl groups is 1. The van der Waals surface area contributed by atoms with E-state index in [1.165, 1.54) is 24.3 Å². The molecule has 21 heavy (non-hydrogen) atoms. The van der Waals surface area contributed by atoms with Crippen LogP contribution in [-0.2, 0) is 23.1 Å². The van der Waals surface area contributed by atoms with Gasteiger partial charge in [-0.25, -0.2) is 22.5 Å². The van der Waals surface area contributed by atoms with Crippen molar-refractivity contribution in [1.82, 2.24) is 9.71 Å². The molecule has 5 nitrogen and oxygen atoms in total. The molecule has 0 unspecified atom stereocenters. The number of halogens is 1. The topological polar surface area (TPSA) is 79.3 Å². The average Bonchev–Trinajstić information content (AvgIpc) is 2.94. The van der Waals surface area contributed by atoms with E-state index in [1.807, 2.05) is 5.38 Å². The Labute approximate surface area is 126 Å². The third-order valence-electron chi connectivity index (χ3n) is 2.90. The standard InChI is InChI=1S/C13H15FN2O3S2/c1-9-6-11(7-10(8-17)13(9)14)21(18,19)16-3-2-12-15-4-5-20-12/h4-7,16-17H,2-3,8H2,1H3. The molecule has 0 amide bonds. The number of hydrogen-bond acceptors (Lipinski definition) is 5. The second kappa shape index (κ2) is 6.61. The lowest BCUT2D eigenvalue weighted by molar-refractivity contribution is 0.275. The fourth-order valence-corrected chi connectivity index (χ4v) is 3.62. The molecule has 114 valence electrons. The van der Waals surface area contributed by atoms with Gasteiger partial charge in [-0.05, 0) is 24.6 Å². The summed E-state index contributed by atoms with van der Waals surface area (Å²) in [4.78, 5) is 4.01. The Hall–Kier alpha value is -1.35. The molecule has 0 radical (unpaired) electrons. The summed E-state index contributed by atoms with van der Waals surface area (Å²) in [6, 6.07) is 2.40. The molecule has 0 aliphatic rings. The molecule has 0 spiro atoms. The zero-order valence-corrected chi connectivity index (χ0v) is 13.0.